The molecular formula is C11H9N3OS. The molecule has 0 unspecified atom stereocenters. The van der Waals surface area contributed by atoms with E-state index in [1.54, 1.807) is 11.3 Å². The smallest absolute Gasteiger partial charge is 0.232 e. The summed E-state index contributed by atoms with van der Waals surface area (Å²) in [4.78, 5) is 4.52. The average molecular weight is 231 g/mol. The Morgan fingerprint density at radius 2 is 2.12 bits per heavy atom. The molecule has 16 heavy (non-hydrogen) atoms. The molecule has 0 bridgehead atoms. The molecule has 2 aromatic heterocycles. The Kier molecular flexibility index (Phi) is 1.94. The van der Waals surface area contributed by atoms with Gasteiger partial charge in [0.2, 0.25) is 5.88 Å². The summed E-state index contributed by atoms with van der Waals surface area (Å²) in [5.74, 6) is 0.330. The first-order valence-electron chi connectivity index (χ1n) is 4.83. The minimum absolute atomic E-state index is 0.330. The quantitative estimate of drug-likeness (QED) is 0.699. The Hall–Kier alpha value is -1.88. The van der Waals surface area contributed by atoms with E-state index in [2.05, 4.69) is 10.1 Å². The van der Waals surface area contributed by atoms with Crippen LogP contribution in [0.2, 0.25) is 0 Å². The van der Waals surface area contributed by atoms with Crippen molar-refractivity contribution in [3.05, 3.63) is 30.0 Å². The number of para-hydroxylation sites is 1. The molecule has 1 aromatic carbocycles. The van der Waals surface area contributed by atoms with Gasteiger partial charge in [0, 0.05) is 0 Å². The van der Waals surface area contributed by atoms with Crippen molar-refractivity contribution in [1.82, 2.24) is 10.1 Å². The van der Waals surface area contributed by atoms with Gasteiger partial charge in [-0.1, -0.05) is 17.3 Å². The van der Waals surface area contributed by atoms with Gasteiger partial charge in [0.05, 0.1) is 21.5 Å². The molecule has 0 amide bonds. The number of benzene rings is 1. The largest absolute Gasteiger partial charge is 0.367 e. The topological polar surface area (TPSA) is 64.9 Å². The van der Waals surface area contributed by atoms with E-state index in [4.69, 9.17) is 10.3 Å². The SMILES string of the molecule is Cc1noc(N)c1-c1nc2ccccc2s1. The molecule has 0 spiro atoms. The number of fused-ring (bicyclic) bond motifs is 1. The predicted molar refractivity (Wildman–Crippen MR) is 64.3 cm³/mol. The Bertz CT molecular complexity index is 604. The van der Waals surface area contributed by atoms with Crippen molar-refractivity contribution in [2.45, 2.75) is 6.92 Å². The van der Waals surface area contributed by atoms with Crippen LogP contribution in [0.25, 0.3) is 20.8 Å². The molecule has 2 heterocycles. The Balaban J connectivity index is 2.27. The van der Waals surface area contributed by atoms with E-state index < -0.39 is 0 Å². The van der Waals surface area contributed by atoms with Gasteiger partial charge >= 0.3 is 0 Å². The van der Waals surface area contributed by atoms with E-state index in [0.717, 1.165) is 26.5 Å². The van der Waals surface area contributed by atoms with Crippen LogP contribution >= 0.6 is 11.3 Å². The van der Waals surface area contributed by atoms with Gasteiger partial charge in [-0.25, -0.2) is 4.98 Å². The summed E-state index contributed by atoms with van der Waals surface area (Å²) in [6.45, 7) is 1.86. The number of aryl methyl sites for hydroxylation is 1. The Morgan fingerprint density at radius 3 is 2.81 bits per heavy atom. The molecule has 0 aliphatic heterocycles. The lowest BCUT2D eigenvalue weighted by atomic mass is 10.2. The number of anilines is 1. The van der Waals surface area contributed by atoms with Crippen molar-refractivity contribution < 1.29 is 4.52 Å². The van der Waals surface area contributed by atoms with Gasteiger partial charge in [0.1, 0.15) is 5.01 Å². The molecule has 0 saturated carbocycles. The first-order valence-corrected chi connectivity index (χ1v) is 5.65. The van der Waals surface area contributed by atoms with Gasteiger partial charge in [-0.3, -0.25) is 0 Å². The maximum Gasteiger partial charge on any atom is 0.232 e. The number of rotatable bonds is 1. The van der Waals surface area contributed by atoms with Crippen LogP contribution < -0.4 is 5.73 Å². The van der Waals surface area contributed by atoms with Crippen molar-refractivity contribution in [2.75, 3.05) is 5.73 Å². The van der Waals surface area contributed by atoms with E-state index in [9.17, 15) is 0 Å². The number of nitrogen functional groups attached to an aromatic ring is 1. The summed E-state index contributed by atoms with van der Waals surface area (Å²) in [7, 11) is 0. The standard InChI is InChI=1S/C11H9N3OS/c1-6-9(10(12)15-14-6)11-13-7-4-2-3-5-8(7)16-11/h2-5H,12H2,1H3. The second-order valence-corrected chi connectivity index (χ2v) is 4.52. The Morgan fingerprint density at radius 1 is 1.31 bits per heavy atom. The Labute approximate surface area is 95.7 Å². The zero-order valence-corrected chi connectivity index (χ0v) is 9.41. The minimum atomic E-state index is 0.330. The highest BCUT2D eigenvalue weighted by atomic mass is 32.1. The highest BCUT2D eigenvalue weighted by molar-refractivity contribution is 7.21. The van der Waals surface area contributed by atoms with Gasteiger partial charge in [-0.2, -0.15) is 0 Å². The van der Waals surface area contributed by atoms with Crippen LogP contribution in [0.3, 0.4) is 0 Å². The zero-order chi connectivity index (χ0) is 11.1. The van der Waals surface area contributed by atoms with Gasteiger partial charge in [0.15, 0.2) is 0 Å². The van der Waals surface area contributed by atoms with Gasteiger partial charge in [-0.15, -0.1) is 11.3 Å². The molecule has 3 rings (SSSR count). The number of nitrogens with zero attached hydrogens (tertiary/aromatic N) is 2. The van der Waals surface area contributed by atoms with E-state index >= 15 is 0 Å². The van der Waals surface area contributed by atoms with Crippen LogP contribution in [-0.4, -0.2) is 10.1 Å². The fraction of sp³-hybridized carbons (Fsp3) is 0.0909. The average Bonchev–Trinajstić information content (AvgIpc) is 2.82. The molecule has 2 N–H and O–H groups in total. The minimum Gasteiger partial charge on any atom is -0.367 e. The number of hydrogen-bond acceptors (Lipinski definition) is 5. The molecule has 3 aromatic rings. The summed E-state index contributed by atoms with van der Waals surface area (Å²) in [6, 6.07) is 7.98. The van der Waals surface area contributed by atoms with Crippen LogP contribution in [0.15, 0.2) is 28.8 Å². The predicted octanol–water partition coefficient (Wildman–Crippen LogP) is 2.84. The van der Waals surface area contributed by atoms with E-state index in [0.29, 0.717) is 5.88 Å². The molecule has 4 nitrogen and oxygen atoms in total. The van der Waals surface area contributed by atoms with Crippen molar-refractivity contribution >= 4 is 27.4 Å². The first-order chi connectivity index (χ1) is 7.75. The molecule has 0 radical (unpaired) electrons. The van der Waals surface area contributed by atoms with Crippen LogP contribution in [0.5, 0.6) is 0 Å². The summed E-state index contributed by atoms with van der Waals surface area (Å²) in [5, 5.41) is 4.69. The molecule has 5 heteroatoms. The number of aromatic nitrogens is 2. The third kappa shape index (κ3) is 1.29. The molecule has 80 valence electrons. The van der Waals surface area contributed by atoms with Crippen LogP contribution in [0, 0.1) is 6.92 Å². The molecule has 0 saturated heterocycles. The third-order valence-corrected chi connectivity index (χ3v) is 3.45. The van der Waals surface area contributed by atoms with Crippen molar-refractivity contribution in [2.24, 2.45) is 0 Å². The van der Waals surface area contributed by atoms with Crippen molar-refractivity contribution in [1.29, 1.82) is 0 Å². The second-order valence-electron chi connectivity index (χ2n) is 3.49. The molecule has 0 aliphatic rings. The second kappa shape index (κ2) is 3.31. The lowest BCUT2D eigenvalue weighted by Crippen LogP contribution is -1.85. The van der Waals surface area contributed by atoms with Crippen molar-refractivity contribution in [3.8, 4) is 10.6 Å². The molecule has 0 aliphatic carbocycles. The maximum absolute atomic E-state index is 5.73. The van der Waals surface area contributed by atoms with E-state index in [-0.39, 0.29) is 0 Å². The lowest BCUT2D eigenvalue weighted by Gasteiger charge is -1.90. The van der Waals surface area contributed by atoms with Crippen LogP contribution in [0.4, 0.5) is 5.88 Å². The number of nitrogens with two attached hydrogens (primary N) is 1. The molecule has 0 fully saturated rings. The number of thiazole rings is 1. The monoisotopic (exact) mass is 231 g/mol. The van der Waals surface area contributed by atoms with E-state index in [1.165, 1.54) is 0 Å². The molecule has 0 atom stereocenters. The fourth-order valence-corrected chi connectivity index (χ4v) is 2.69. The third-order valence-electron chi connectivity index (χ3n) is 2.40. The maximum atomic E-state index is 5.73. The lowest BCUT2D eigenvalue weighted by molar-refractivity contribution is 0.431. The summed E-state index contributed by atoms with van der Waals surface area (Å²) in [6.07, 6.45) is 0. The summed E-state index contributed by atoms with van der Waals surface area (Å²) >= 11 is 1.59. The highest BCUT2D eigenvalue weighted by Gasteiger charge is 2.16. The number of hydrogen-bond donors (Lipinski definition) is 1. The van der Waals surface area contributed by atoms with Gasteiger partial charge in [0.25, 0.3) is 0 Å². The molecular weight excluding hydrogens is 222 g/mol. The highest BCUT2D eigenvalue weighted by Crippen LogP contribution is 2.35. The summed E-state index contributed by atoms with van der Waals surface area (Å²) < 4.78 is 6.08. The van der Waals surface area contributed by atoms with Crippen LogP contribution in [-0.2, 0) is 0 Å². The van der Waals surface area contributed by atoms with E-state index in [1.807, 2.05) is 31.2 Å². The van der Waals surface area contributed by atoms with Gasteiger partial charge < -0.3 is 10.3 Å². The van der Waals surface area contributed by atoms with Gasteiger partial charge in [-0.05, 0) is 19.1 Å². The zero-order valence-electron chi connectivity index (χ0n) is 8.60. The van der Waals surface area contributed by atoms with Crippen LogP contribution in [0.1, 0.15) is 5.69 Å². The first kappa shape index (κ1) is 9.35. The summed E-state index contributed by atoms with van der Waals surface area (Å²) in [5.41, 5.74) is 8.29. The fourth-order valence-electron chi connectivity index (χ4n) is 1.63. The normalized spacial score (nSPS) is 11.1. The van der Waals surface area contributed by atoms with Crippen molar-refractivity contribution in [3.63, 3.8) is 0 Å².